The van der Waals surface area contributed by atoms with Gasteiger partial charge in [-0.15, -0.1) is 0 Å². The molecule has 0 aliphatic heterocycles. The Labute approximate surface area is 222 Å². The van der Waals surface area contributed by atoms with Crippen LogP contribution in [0.1, 0.15) is 39.2 Å². The zero-order valence-corrected chi connectivity index (χ0v) is 23.2. The van der Waals surface area contributed by atoms with Crippen LogP contribution >= 0.6 is 34.8 Å². The molecule has 2 aromatic rings. The van der Waals surface area contributed by atoms with Gasteiger partial charge in [0.2, 0.25) is 21.8 Å². The van der Waals surface area contributed by atoms with Gasteiger partial charge in [0.1, 0.15) is 12.6 Å². The minimum Gasteiger partial charge on any atom is -0.352 e. The number of carbonyl (C=O) groups is 2. The van der Waals surface area contributed by atoms with Crippen LogP contribution < -0.4 is 9.62 Å². The van der Waals surface area contributed by atoms with E-state index in [1.54, 1.807) is 43.3 Å². The summed E-state index contributed by atoms with van der Waals surface area (Å²) in [6.45, 7) is 4.98. The molecule has 0 aromatic heterocycles. The second kappa shape index (κ2) is 12.8. The van der Waals surface area contributed by atoms with Crippen LogP contribution in [0.4, 0.5) is 5.69 Å². The van der Waals surface area contributed by atoms with E-state index in [1.165, 1.54) is 11.0 Å². The van der Waals surface area contributed by atoms with Crippen LogP contribution in [0.25, 0.3) is 0 Å². The van der Waals surface area contributed by atoms with Crippen LogP contribution in [0.2, 0.25) is 15.1 Å². The van der Waals surface area contributed by atoms with E-state index in [0.29, 0.717) is 33.5 Å². The minimum atomic E-state index is -3.85. The van der Waals surface area contributed by atoms with E-state index in [0.717, 1.165) is 10.6 Å². The highest BCUT2D eigenvalue weighted by Crippen LogP contribution is 2.28. The van der Waals surface area contributed by atoms with Gasteiger partial charge in [-0.05, 0) is 50.1 Å². The Morgan fingerprint density at radius 3 is 2.11 bits per heavy atom. The Bertz CT molecular complexity index is 1140. The number of hydrogen-bond acceptors (Lipinski definition) is 4. The van der Waals surface area contributed by atoms with Crippen molar-refractivity contribution in [3.05, 3.63) is 63.1 Å². The highest BCUT2D eigenvalue weighted by molar-refractivity contribution is 7.92. The summed E-state index contributed by atoms with van der Waals surface area (Å²) in [6.07, 6.45) is 2.01. The third-order valence-corrected chi connectivity index (χ3v) is 7.64. The molecule has 0 aliphatic rings. The summed E-state index contributed by atoms with van der Waals surface area (Å²) >= 11 is 18.8. The molecule has 0 fully saturated rings. The molecule has 1 N–H and O–H groups in total. The van der Waals surface area contributed by atoms with Gasteiger partial charge in [0.25, 0.3) is 0 Å². The van der Waals surface area contributed by atoms with Gasteiger partial charge in [-0.25, -0.2) is 8.42 Å². The quantitative estimate of drug-likeness (QED) is 0.411. The van der Waals surface area contributed by atoms with Crippen molar-refractivity contribution in [3.8, 4) is 0 Å². The van der Waals surface area contributed by atoms with Crippen LogP contribution in [0, 0.1) is 0 Å². The third kappa shape index (κ3) is 8.00. The van der Waals surface area contributed by atoms with Crippen molar-refractivity contribution in [3.63, 3.8) is 0 Å². The Kier molecular flexibility index (Phi) is 10.7. The fourth-order valence-corrected chi connectivity index (χ4v) is 5.00. The van der Waals surface area contributed by atoms with Gasteiger partial charge in [0.15, 0.2) is 0 Å². The van der Waals surface area contributed by atoms with E-state index >= 15 is 0 Å². The van der Waals surface area contributed by atoms with E-state index < -0.39 is 28.5 Å². The maximum absolute atomic E-state index is 13.7. The second-order valence-corrected chi connectivity index (χ2v) is 11.4. The number of carbonyl (C=O) groups excluding carboxylic acids is 2. The third-order valence-electron chi connectivity index (χ3n) is 5.55. The number of hydrogen-bond donors (Lipinski definition) is 1. The van der Waals surface area contributed by atoms with Crippen LogP contribution in [0.3, 0.4) is 0 Å². The molecule has 7 nitrogen and oxygen atoms in total. The first-order valence-corrected chi connectivity index (χ1v) is 14.1. The Hall–Kier alpha value is -2.00. The van der Waals surface area contributed by atoms with Crippen molar-refractivity contribution in [1.29, 1.82) is 0 Å². The number of rotatable bonds is 11. The Balaban J connectivity index is 2.50. The maximum atomic E-state index is 13.7. The highest BCUT2D eigenvalue weighted by Gasteiger charge is 2.33. The first kappa shape index (κ1) is 29.2. The lowest BCUT2D eigenvalue weighted by atomic mass is 10.1. The zero-order chi connectivity index (χ0) is 26.3. The largest absolute Gasteiger partial charge is 0.352 e. The lowest BCUT2D eigenvalue weighted by molar-refractivity contribution is -0.140. The van der Waals surface area contributed by atoms with Gasteiger partial charge in [-0.2, -0.15) is 0 Å². The summed E-state index contributed by atoms with van der Waals surface area (Å²) < 4.78 is 26.2. The first-order chi connectivity index (χ1) is 16.4. The molecule has 0 spiro atoms. The molecule has 2 atom stereocenters. The average Bonchev–Trinajstić information content (AvgIpc) is 2.78. The van der Waals surface area contributed by atoms with E-state index in [-0.39, 0.29) is 24.2 Å². The van der Waals surface area contributed by atoms with Crippen molar-refractivity contribution >= 4 is 62.3 Å². The molecular formula is C24H30Cl3N3O4S. The zero-order valence-electron chi connectivity index (χ0n) is 20.1. The molecule has 0 bridgehead atoms. The van der Waals surface area contributed by atoms with E-state index in [9.17, 15) is 18.0 Å². The Morgan fingerprint density at radius 1 is 1.00 bits per heavy atom. The molecule has 192 valence electrons. The van der Waals surface area contributed by atoms with Crippen LogP contribution in [0.15, 0.2) is 42.5 Å². The van der Waals surface area contributed by atoms with Gasteiger partial charge in [0.05, 0.1) is 11.9 Å². The number of benzene rings is 2. The van der Waals surface area contributed by atoms with Gasteiger partial charge in [-0.3, -0.25) is 13.9 Å². The molecule has 0 saturated carbocycles. The van der Waals surface area contributed by atoms with Gasteiger partial charge >= 0.3 is 0 Å². The molecule has 2 amide bonds. The van der Waals surface area contributed by atoms with Crippen LogP contribution in [-0.2, 0) is 26.2 Å². The van der Waals surface area contributed by atoms with E-state index in [2.05, 4.69) is 5.32 Å². The number of halogens is 3. The van der Waals surface area contributed by atoms with Gasteiger partial charge in [-0.1, -0.05) is 60.8 Å². The Morgan fingerprint density at radius 2 is 1.60 bits per heavy atom. The van der Waals surface area contributed by atoms with E-state index in [4.69, 9.17) is 34.8 Å². The number of anilines is 1. The maximum Gasteiger partial charge on any atom is 0.244 e. The molecule has 2 rings (SSSR count). The van der Waals surface area contributed by atoms with E-state index in [1.807, 2.05) is 13.8 Å². The molecule has 2 aromatic carbocycles. The number of nitrogens with one attached hydrogen (secondary N) is 1. The first-order valence-electron chi connectivity index (χ1n) is 11.1. The summed E-state index contributed by atoms with van der Waals surface area (Å²) in [5, 5.41) is 3.90. The molecule has 2 unspecified atom stereocenters. The van der Waals surface area contributed by atoms with Crippen molar-refractivity contribution in [2.45, 2.75) is 52.2 Å². The standard InChI is InChI=1S/C24H30Cl3N3O4S/c1-5-16(3)28-24(32)22(6-2)29(14-19-20(26)11-8-12-21(19)27)23(31)15-30(35(4,33)34)18-10-7-9-17(25)13-18/h7-13,16,22H,5-6,14-15H2,1-4H3,(H,28,32). The predicted molar refractivity (Wildman–Crippen MR) is 143 cm³/mol. The van der Waals surface area contributed by atoms with Crippen LogP contribution in [-0.4, -0.2) is 50.0 Å². The molecular weight excluding hydrogens is 533 g/mol. The van der Waals surface area contributed by atoms with Crippen molar-refractivity contribution in [1.82, 2.24) is 10.2 Å². The lowest BCUT2D eigenvalue weighted by Crippen LogP contribution is -2.53. The molecule has 0 heterocycles. The fraction of sp³-hybridized carbons (Fsp3) is 0.417. The monoisotopic (exact) mass is 561 g/mol. The summed E-state index contributed by atoms with van der Waals surface area (Å²) in [5.41, 5.74) is 0.703. The lowest BCUT2D eigenvalue weighted by Gasteiger charge is -2.33. The molecule has 0 aliphatic carbocycles. The van der Waals surface area contributed by atoms with Crippen LogP contribution in [0.5, 0.6) is 0 Å². The van der Waals surface area contributed by atoms with Crippen molar-refractivity contribution in [2.24, 2.45) is 0 Å². The van der Waals surface area contributed by atoms with Gasteiger partial charge in [0, 0.05) is 33.2 Å². The normalized spacial score (nSPS) is 13.1. The summed E-state index contributed by atoms with van der Waals surface area (Å²) in [7, 11) is -3.85. The average molecular weight is 563 g/mol. The van der Waals surface area contributed by atoms with Crippen molar-refractivity contribution < 1.29 is 18.0 Å². The highest BCUT2D eigenvalue weighted by atomic mass is 35.5. The minimum absolute atomic E-state index is 0.0725. The predicted octanol–water partition coefficient (Wildman–Crippen LogP) is 5.13. The fourth-order valence-electron chi connectivity index (χ4n) is 3.46. The number of amides is 2. The molecule has 35 heavy (non-hydrogen) atoms. The number of sulfonamides is 1. The topological polar surface area (TPSA) is 86.8 Å². The molecule has 0 radical (unpaired) electrons. The SMILES string of the molecule is CCC(C)NC(=O)C(CC)N(Cc1c(Cl)cccc1Cl)C(=O)CN(c1cccc(Cl)c1)S(C)(=O)=O. The second-order valence-electron chi connectivity index (χ2n) is 8.21. The number of nitrogens with zero attached hydrogens (tertiary/aromatic N) is 2. The van der Waals surface area contributed by atoms with Gasteiger partial charge < -0.3 is 10.2 Å². The summed E-state index contributed by atoms with van der Waals surface area (Å²) in [5.74, 6) is -0.926. The molecule has 0 saturated heterocycles. The summed E-state index contributed by atoms with van der Waals surface area (Å²) in [6, 6.07) is 10.2. The smallest absolute Gasteiger partial charge is 0.244 e. The summed E-state index contributed by atoms with van der Waals surface area (Å²) in [4.78, 5) is 28.1. The van der Waals surface area contributed by atoms with Crippen molar-refractivity contribution in [2.75, 3.05) is 17.1 Å². The molecule has 11 heteroatoms.